The maximum atomic E-state index is 8.93. The molecule has 4 heteroatoms. The molecule has 2 aromatic carbocycles. The highest BCUT2D eigenvalue weighted by atomic mass is 79.9. The second-order valence-electron chi connectivity index (χ2n) is 4.80. The molecule has 1 unspecified atom stereocenters. The normalized spacial score (nSPS) is 11.5. The van der Waals surface area contributed by atoms with Crippen molar-refractivity contribution in [1.29, 1.82) is 5.26 Å². The highest BCUT2D eigenvalue weighted by molar-refractivity contribution is 9.10. The van der Waals surface area contributed by atoms with E-state index in [9.17, 15) is 0 Å². The van der Waals surface area contributed by atoms with E-state index < -0.39 is 0 Å². The van der Waals surface area contributed by atoms with Crippen LogP contribution in [0.25, 0.3) is 0 Å². The van der Waals surface area contributed by atoms with Gasteiger partial charge in [0.25, 0.3) is 0 Å². The molecule has 0 saturated carbocycles. The van der Waals surface area contributed by atoms with E-state index in [2.05, 4.69) is 41.2 Å². The molecule has 1 atom stereocenters. The lowest BCUT2D eigenvalue weighted by atomic mass is 10.2. The molecule has 0 bridgehead atoms. The number of rotatable bonds is 5. The number of anilines is 2. The molecule has 0 aliphatic rings. The molecule has 0 amide bonds. The molecule has 0 aromatic heterocycles. The Kier molecular flexibility index (Phi) is 5.24. The lowest BCUT2D eigenvalue weighted by Crippen LogP contribution is -2.09. The molecule has 0 spiro atoms. The predicted molar refractivity (Wildman–Crippen MR) is 89.0 cm³/mol. The van der Waals surface area contributed by atoms with Crippen LogP contribution in [0.3, 0.4) is 0 Å². The van der Waals surface area contributed by atoms with Gasteiger partial charge >= 0.3 is 0 Å². The fourth-order valence-corrected chi connectivity index (χ4v) is 2.28. The summed E-state index contributed by atoms with van der Waals surface area (Å²) in [6.07, 6.45) is 1.17. The number of nitrogens with zero attached hydrogens (tertiary/aromatic N) is 1. The highest BCUT2D eigenvalue weighted by Gasteiger charge is 2.04. The van der Waals surface area contributed by atoms with Crippen LogP contribution in [-0.4, -0.2) is 6.10 Å². The average molecular weight is 345 g/mol. The van der Waals surface area contributed by atoms with Gasteiger partial charge in [-0.05, 0) is 59.6 Å². The van der Waals surface area contributed by atoms with Crippen LogP contribution in [0.15, 0.2) is 46.9 Å². The summed E-state index contributed by atoms with van der Waals surface area (Å²) in [5.74, 6) is 0.849. The van der Waals surface area contributed by atoms with Crippen molar-refractivity contribution in [2.24, 2.45) is 0 Å². The van der Waals surface area contributed by atoms with Crippen molar-refractivity contribution in [3.05, 3.63) is 52.5 Å². The van der Waals surface area contributed by atoms with Gasteiger partial charge in [0.15, 0.2) is 0 Å². The molecule has 1 N–H and O–H groups in total. The SMILES string of the molecule is CCC(C)Oc1cccc(Nc2ccc(C#N)c(Br)c2)c1. The Morgan fingerprint density at radius 3 is 2.67 bits per heavy atom. The Hall–Kier alpha value is -1.99. The predicted octanol–water partition coefficient (Wildman–Crippen LogP) is 5.24. The standard InChI is InChI=1S/C17H17BrN2O/c1-3-12(2)21-16-6-4-5-14(9-16)20-15-8-7-13(11-19)17(18)10-15/h4-10,12,20H,3H2,1-2H3. The molecule has 0 fully saturated rings. The first-order chi connectivity index (χ1) is 10.1. The maximum Gasteiger partial charge on any atom is 0.121 e. The summed E-state index contributed by atoms with van der Waals surface area (Å²) < 4.78 is 6.59. The molecule has 0 saturated heterocycles. The molecule has 0 aliphatic carbocycles. The lowest BCUT2D eigenvalue weighted by Gasteiger charge is -2.14. The molecule has 2 rings (SSSR count). The van der Waals surface area contributed by atoms with Crippen LogP contribution in [0.2, 0.25) is 0 Å². The maximum absolute atomic E-state index is 8.93. The lowest BCUT2D eigenvalue weighted by molar-refractivity contribution is 0.217. The van der Waals surface area contributed by atoms with Crippen molar-refractivity contribution in [1.82, 2.24) is 0 Å². The van der Waals surface area contributed by atoms with Crippen LogP contribution in [0.5, 0.6) is 5.75 Å². The van der Waals surface area contributed by atoms with Crippen molar-refractivity contribution in [2.45, 2.75) is 26.4 Å². The minimum Gasteiger partial charge on any atom is -0.491 e. The molecule has 0 aliphatic heterocycles. The van der Waals surface area contributed by atoms with Crippen LogP contribution in [0.4, 0.5) is 11.4 Å². The number of halogens is 1. The van der Waals surface area contributed by atoms with Gasteiger partial charge in [0.2, 0.25) is 0 Å². The van der Waals surface area contributed by atoms with Crippen molar-refractivity contribution >= 4 is 27.3 Å². The number of ether oxygens (including phenoxy) is 1. The zero-order valence-electron chi connectivity index (χ0n) is 12.1. The molecule has 0 radical (unpaired) electrons. The molecule has 0 heterocycles. The zero-order chi connectivity index (χ0) is 15.2. The van der Waals surface area contributed by atoms with E-state index in [1.807, 2.05) is 36.4 Å². The Morgan fingerprint density at radius 1 is 1.24 bits per heavy atom. The minimum atomic E-state index is 0.198. The van der Waals surface area contributed by atoms with E-state index in [1.54, 1.807) is 6.07 Å². The highest BCUT2D eigenvalue weighted by Crippen LogP contribution is 2.26. The summed E-state index contributed by atoms with van der Waals surface area (Å²) in [6, 6.07) is 15.5. The largest absolute Gasteiger partial charge is 0.491 e. The topological polar surface area (TPSA) is 45.0 Å². The summed E-state index contributed by atoms with van der Waals surface area (Å²) in [5, 5.41) is 12.2. The van der Waals surface area contributed by atoms with Crippen molar-refractivity contribution in [2.75, 3.05) is 5.32 Å². The summed E-state index contributed by atoms with van der Waals surface area (Å²) in [7, 11) is 0. The van der Waals surface area contributed by atoms with Crippen LogP contribution in [-0.2, 0) is 0 Å². The molecule has 2 aromatic rings. The van der Waals surface area contributed by atoms with Crippen molar-refractivity contribution in [3.8, 4) is 11.8 Å². The number of nitriles is 1. The number of benzene rings is 2. The summed E-state index contributed by atoms with van der Waals surface area (Å²) in [6.45, 7) is 4.15. The van der Waals surface area contributed by atoms with Gasteiger partial charge in [-0.2, -0.15) is 5.26 Å². The second-order valence-corrected chi connectivity index (χ2v) is 5.65. The fraction of sp³-hybridized carbons (Fsp3) is 0.235. The van der Waals surface area contributed by atoms with Crippen LogP contribution in [0, 0.1) is 11.3 Å². The second kappa shape index (κ2) is 7.14. The molecule has 108 valence electrons. The summed E-state index contributed by atoms with van der Waals surface area (Å²) >= 11 is 3.39. The first-order valence-electron chi connectivity index (χ1n) is 6.85. The first kappa shape index (κ1) is 15.4. The van der Waals surface area contributed by atoms with Gasteiger partial charge in [-0.3, -0.25) is 0 Å². The molecule has 21 heavy (non-hydrogen) atoms. The van der Waals surface area contributed by atoms with Crippen molar-refractivity contribution < 1.29 is 4.74 Å². The monoisotopic (exact) mass is 344 g/mol. The Morgan fingerprint density at radius 2 is 2.00 bits per heavy atom. The number of nitrogens with one attached hydrogen (secondary N) is 1. The van der Waals surface area contributed by atoms with Gasteiger partial charge in [-0.25, -0.2) is 0 Å². The van der Waals surface area contributed by atoms with Crippen LogP contribution >= 0.6 is 15.9 Å². The van der Waals surface area contributed by atoms with E-state index in [4.69, 9.17) is 10.00 Å². The quantitative estimate of drug-likeness (QED) is 0.806. The van der Waals surface area contributed by atoms with Gasteiger partial charge < -0.3 is 10.1 Å². The van der Waals surface area contributed by atoms with E-state index in [-0.39, 0.29) is 6.10 Å². The Bertz CT molecular complexity index is 664. The Balaban J connectivity index is 2.14. The van der Waals surface area contributed by atoms with E-state index in [0.29, 0.717) is 5.56 Å². The van der Waals surface area contributed by atoms with Gasteiger partial charge in [0.05, 0.1) is 11.7 Å². The van der Waals surface area contributed by atoms with Gasteiger partial charge in [0, 0.05) is 21.9 Å². The Labute approximate surface area is 133 Å². The van der Waals surface area contributed by atoms with Gasteiger partial charge in [-0.1, -0.05) is 13.0 Å². The number of hydrogen-bond acceptors (Lipinski definition) is 3. The first-order valence-corrected chi connectivity index (χ1v) is 7.65. The van der Waals surface area contributed by atoms with Crippen LogP contribution < -0.4 is 10.1 Å². The zero-order valence-corrected chi connectivity index (χ0v) is 13.6. The minimum absolute atomic E-state index is 0.198. The van der Waals surface area contributed by atoms with E-state index in [0.717, 1.165) is 28.0 Å². The molecular formula is C17H17BrN2O. The van der Waals surface area contributed by atoms with E-state index >= 15 is 0 Å². The molecule has 3 nitrogen and oxygen atoms in total. The van der Waals surface area contributed by atoms with Gasteiger partial charge in [0.1, 0.15) is 11.8 Å². The third-order valence-electron chi connectivity index (χ3n) is 3.12. The summed E-state index contributed by atoms with van der Waals surface area (Å²) in [5.41, 5.74) is 2.49. The number of hydrogen-bond donors (Lipinski definition) is 1. The van der Waals surface area contributed by atoms with Crippen molar-refractivity contribution in [3.63, 3.8) is 0 Å². The third-order valence-corrected chi connectivity index (χ3v) is 3.78. The average Bonchev–Trinajstić information content (AvgIpc) is 2.47. The smallest absolute Gasteiger partial charge is 0.121 e. The third kappa shape index (κ3) is 4.24. The van der Waals surface area contributed by atoms with E-state index in [1.165, 1.54) is 0 Å². The van der Waals surface area contributed by atoms with Crippen LogP contribution in [0.1, 0.15) is 25.8 Å². The molecular weight excluding hydrogens is 328 g/mol. The summed E-state index contributed by atoms with van der Waals surface area (Å²) in [4.78, 5) is 0. The fourth-order valence-electron chi connectivity index (χ4n) is 1.81. The van der Waals surface area contributed by atoms with Gasteiger partial charge in [-0.15, -0.1) is 0 Å².